The molecule has 0 unspecified atom stereocenters. The maximum absolute atomic E-state index is 14.5. The molecule has 1 aliphatic rings. The molecule has 1 aromatic heterocycles. The number of hydrogen-bond acceptors (Lipinski definition) is 6. The van der Waals surface area contributed by atoms with E-state index in [9.17, 15) is 18.8 Å². The van der Waals surface area contributed by atoms with Crippen LogP contribution >= 0.6 is 0 Å². The van der Waals surface area contributed by atoms with Crippen LogP contribution in [0.3, 0.4) is 0 Å². The number of methoxy groups -OCH3 is 1. The SMILES string of the molecule is COC(=O)[C@@H]1CCC[C@H]1C(=O)c1ccc(-c2ccc(NC(=O)OC(C)(C)C)c(F)c2)cn1. The summed E-state index contributed by atoms with van der Waals surface area (Å²) in [6.45, 7) is 5.15. The van der Waals surface area contributed by atoms with Gasteiger partial charge in [0.2, 0.25) is 0 Å². The Hall–Kier alpha value is -3.29. The third kappa shape index (κ3) is 5.49. The highest BCUT2D eigenvalue weighted by molar-refractivity contribution is 5.99. The number of ether oxygens (including phenoxy) is 2. The van der Waals surface area contributed by atoms with Gasteiger partial charge in [-0.05, 0) is 57.4 Å². The van der Waals surface area contributed by atoms with E-state index in [1.54, 1.807) is 39.0 Å². The van der Waals surface area contributed by atoms with E-state index >= 15 is 0 Å². The van der Waals surface area contributed by atoms with Crippen LogP contribution in [-0.4, -0.2) is 35.5 Å². The van der Waals surface area contributed by atoms with Crippen LogP contribution in [0.5, 0.6) is 0 Å². The molecule has 0 aliphatic heterocycles. The molecule has 0 bridgehead atoms. The van der Waals surface area contributed by atoms with Crippen LogP contribution in [0.15, 0.2) is 36.5 Å². The van der Waals surface area contributed by atoms with Crippen LogP contribution in [0.25, 0.3) is 11.1 Å². The highest BCUT2D eigenvalue weighted by Gasteiger charge is 2.39. The first kappa shape index (κ1) is 23.4. The van der Waals surface area contributed by atoms with Gasteiger partial charge < -0.3 is 9.47 Å². The summed E-state index contributed by atoms with van der Waals surface area (Å²) in [6.07, 6.45) is 2.79. The van der Waals surface area contributed by atoms with E-state index in [1.165, 1.54) is 25.4 Å². The van der Waals surface area contributed by atoms with Crippen molar-refractivity contribution in [2.24, 2.45) is 11.8 Å². The molecule has 2 atom stereocenters. The number of esters is 1. The maximum Gasteiger partial charge on any atom is 0.412 e. The number of benzene rings is 1. The van der Waals surface area contributed by atoms with Crippen molar-refractivity contribution in [3.05, 3.63) is 48.0 Å². The highest BCUT2D eigenvalue weighted by Crippen LogP contribution is 2.35. The van der Waals surface area contributed by atoms with Gasteiger partial charge >= 0.3 is 12.1 Å². The molecule has 1 aliphatic carbocycles. The van der Waals surface area contributed by atoms with Crippen molar-refractivity contribution >= 4 is 23.5 Å². The number of aromatic nitrogens is 1. The number of pyridine rings is 1. The molecule has 1 saturated carbocycles. The Bertz CT molecular complexity index is 1010. The summed E-state index contributed by atoms with van der Waals surface area (Å²) in [5, 5.41) is 2.38. The van der Waals surface area contributed by atoms with E-state index < -0.39 is 29.3 Å². The number of carbonyl (C=O) groups is 3. The molecule has 1 heterocycles. The van der Waals surface area contributed by atoms with Crippen LogP contribution in [0.2, 0.25) is 0 Å². The van der Waals surface area contributed by atoms with Crippen molar-refractivity contribution < 1.29 is 28.2 Å². The average Bonchev–Trinajstić information content (AvgIpc) is 3.23. The fraction of sp³-hybridized carbons (Fsp3) is 0.417. The van der Waals surface area contributed by atoms with E-state index in [2.05, 4.69) is 10.3 Å². The first-order chi connectivity index (χ1) is 15.1. The number of rotatable bonds is 5. The molecule has 0 saturated heterocycles. The topological polar surface area (TPSA) is 94.6 Å². The second-order valence-corrected chi connectivity index (χ2v) is 8.78. The summed E-state index contributed by atoms with van der Waals surface area (Å²) in [5.41, 5.74) is 0.717. The lowest BCUT2D eigenvalue weighted by Gasteiger charge is -2.20. The van der Waals surface area contributed by atoms with E-state index in [-0.39, 0.29) is 23.1 Å². The molecule has 1 aromatic carbocycles. The van der Waals surface area contributed by atoms with Gasteiger partial charge in [-0.3, -0.25) is 19.9 Å². The molecule has 8 heteroatoms. The van der Waals surface area contributed by atoms with Crippen molar-refractivity contribution in [1.82, 2.24) is 4.98 Å². The Morgan fingerprint density at radius 2 is 1.75 bits per heavy atom. The summed E-state index contributed by atoms with van der Waals surface area (Å²) < 4.78 is 24.5. The Balaban J connectivity index is 1.72. The van der Waals surface area contributed by atoms with E-state index in [1.807, 2.05) is 0 Å². The first-order valence-electron chi connectivity index (χ1n) is 10.5. The molecule has 0 spiro atoms. The smallest absolute Gasteiger partial charge is 0.412 e. The van der Waals surface area contributed by atoms with Gasteiger partial charge in [-0.2, -0.15) is 0 Å². The molecular formula is C24H27FN2O5. The van der Waals surface area contributed by atoms with Crippen molar-refractivity contribution in [2.45, 2.75) is 45.6 Å². The minimum absolute atomic E-state index is 0.00200. The van der Waals surface area contributed by atoms with Gasteiger partial charge in [0.15, 0.2) is 5.78 Å². The van der Waals surface area contributed by atoms with Crippen LogP contribution in [0.1, 0.15) is 50.5 Å². The van der Waals surface area contributed by atoms with Crippen molar-refractivity contribution in [3.8, 4) is 11.1 Å². The highest BCUT2D eigenvalue weighted by atomic mass is 19.1. The Morgan fingerprint density at radius 1 is 1.06 bits per heavy atom. The lowest BCUT2D eigenvalue weighted by molar-refractivity contribution is -0.146. The number of nitrogens with one attached hydrogen (secondary N) is 1. The molecule has 32 heavy (non-hydrogen) atoms. The molecule has 170 valence electrons. The first-order valence-corrected chi connectivity index (χ1v) is 10.5. The van der Waals surface area contributed by atoms with Gasteiger partial charge in [-0.25, -0.2) is 9.18 Å². The summed E-state index contributed by atoms with van der Waals surface area (Å²) in [6, 6.07) is 7.61. The molecule has 1 N–H and O–H groups in total. The number of carbonyl (C=O) groups excluding carboxylic acids is 3. The lowest BCUT2D eigenvalue weighted by Crippen LogP contribution is -2.27. The van der Waals surface area contributed by atoms with Crippen molar-refractivity contribution in [1.29, 1.82) is 0 Å². The van der Waals surface area contributed by atoms with E-state index in [0.29, 0.717) is 24.0 Å². The summed E-state index contributed by atoms with van der Waals surface area (Å²) >= 11 is 0. The predicted octanol–water partition coefficient (Wildman–Crippen LogP) is 5.01. The monoisotopic (exact) mass is 442 g/mol. The minimum atomic E-state index is -0.745. The maximum atomic E-state index is 14.5. The zero-order chi connectivity index (χ0) is 23.5. The van der Waals surface area contributed by atoms with Gasteiger partial charge in [-0.15, -0.1) is 0 Å². The Labute approximate surface area is 186 Å². The predicted molar refractivity (Wildman–Crippen MR) is 117 cm³/mol. The number of nitrogens with zero attached hydrogens (tertiary/aromatic N) is 1. The molecule has 1 amide bonds. The second-order valence-electron chi connectivity index (χ2n) is 8.78. The van der Waals surface area contributed by atoms with Gasteiger partial charge in [0.1, 0.15) is 17.1 Å². The van der Waals surface area contributed by atoms with Crippen molar-refractivity contribution in [3.63, 3.8) is 0 Å². The fourth-order valence-corrected chi connectivity index (χ4v) is 3.82. The quantitative estimate of drug-likeness (QED) is 0.517. The third-order valence-corrected chi connectivity index (χ3v) is 5.31. The Morgan fingerprint density at radius 3 is 2.34 bits per heavy atom. The number of anilines is 1. The summed E-state index contributed by atoms with van der Waals surface area (Å²) in [5.74, 6) is -2.05. The molecule has 7 nitrogen and oxygen atoms in total. The lowest BCUT2D eigenvalue weighted by atomic mass is 9.90. The van der Waals surface area contributed by atoms with Gasteiger partial charge in [0.25, 0.3) is 0 Å². The van der Waals surface area contributed by atoms with Crippen LogP contribution in [-0.2, 0) is 14.3 Å². The molecule has 1 fully saturated rings. The van der Waals surface area contributed by atoms with E-state index in [0.717, 1.165) is 6.42 Å². The zero-order valence-electron chi connectivity index (χ0n) is 18.6. The largest absolute Gasteiger partial charge is 0.469 e. The third-order valence-electron chi connectivity index (χ3n) is 5.31. The molecule has 3 rings (SSSR count). The van der Waals surface area contributed by atoms with Gasteiger partial charge in [-0.1, -0.05) is 18.6 Å². The molecule has 0 radical (unpaired) electrons. The molecular weight excluding hydrogens is 415 g/mol. The minimum Gasteiger partial charge on any atom is -0.469 e. The standard InChI is InChI=1S/C24H27FN2O5/c1-24(2,3)32-23(30)27-19-10-8-14(12-18(19)25)15-9-11-20(26-13-15)21(28)16-6-5-7-17(16)22(29)31-4/h8-13,16-17H,5-7H2,1-4H3,(H,27,30)/t16-,17-/m1/s1. The zero-order valence-corrected chi connectivity index (χ0v) is 18.6. The average molecular weight is 442 g/mol. The van der Waals surface area contributed by atoms with Crippen molar-refractivity contribution in [2.75, 3.05) is 12.4 Å². The normalized spacial score (nSPS) is 18.2. The number of ketones is 1. The summed E-state index contributed by atoms with van der Waals surface area (Å²) in [7, 11) is 1.32. The van der Waals surface area contributed by atoms with Crippen LogP contribution in [0.4, 0.5) is 14.9 Å². The number of amides is 1. The van der Waals surface area contributed by atoms with Gasteiger partial charge in [0.05, 0.1) is 18.7 Å². The summed E-state index contributed by atoms with van der Waals surface area (Å²) in [4.78, 5) is 40.9. The van der Waals surface area contributed by atoms with Crippen LogP contribution < -0.4 is 5.32 Å². The number of hydrogen-bond donors (Lipinski definition) is 1. The van der Waals surface area contributed by atoms with Gasteiger partial charge in [0, 0.05) is 17.7 Å². The second kappa shape index (κ2) is 9.46. The molecule has 2 aromatic rings. The van der Waals surface area contributed by atoms with E-state index in [4.69, 9.17) is 9.47 Å². The number of halogens is 1. The van der Waals surface area contributed by atoms with Crippen LogP contribution in [0, 0.1) is 17.7 Å². The number of Topliss-reactive ketones (excluding diaryl/α,β-unsaturated/α-hetero) is 1. The Kier molecular flexibility index (Phi) is 6.91. The fourth-order valence-electron chi connectivity index (χ4n) is 3.82.